The lowest BCUT2D eigenvalue weighted by Crippen LogP contribution is -2.44. The van der Waals surface area contributed by atoms with Crippen molar-refractivity contribution < 1.29 is 9.59 Å². The Morgan fingerprint density at radius 2 is 1.90 bits per heavy atom. The van der Waals surface area contributed by atoms with Crippen molar-refractivity contribution in [3.8, 4) is 0 Å². The molecule has 0 bridgehead atoms. The maximum atomic E-state index is 12.2. The van der Waals surface area contributed by atoms with E-state index in [0.29, 0.717) is 19.5 Å². The fourth-order valence-electron chi connectivity index (χ4n) is 2.74. The summed E-state index contributed by atoms with van der Waals surface area (Å²) in [5, 5.41) is 6.25. The Morgan fingerprint density at radius 1 is 1.24 bits per heavy atom. The monoisotopic (exact) mass is 297 g/mol. The molecule has 0 radical (unpaired) electrons. The first-order chi connectivity index (χ1) is 10.1. The van der Waals surface area contributed by atoms with Crippen LogP contribution in [0.4, 0.5) is 0 Å². The molecule has 0 aromatic rings. The fourth-order valence-corrected chi connectivity index (χ4v) is 2.74. The Bertz CT molecular complexity index is 325. The minimum atomic E-state index is 0.0806. The molecule has 1 saturated heterocycles. The van der Waals surface area contributed by atoms with Crippen molar-refractivity contribution in [1.29, 1.82) is 0 Å². The Labute approximate surface area is 128 Å². The van der Waals surface area contributed by atoms with Gasteiger partial charge in [0.05, 0.1) is 0 Å². The molecule has 5 heteroatoms. The van der Waals surface area contributed by atoms with Crippen molar-refractivity contribution in [2.45, 2.75) is 58.9 Å². The normalized spacial score (nSPS) is 17.6. The van der Waals surface area contributed by atoms with E-state index >= 15 is 0 Å². The summed E-state index contributed by atoms with van der Waals surface area (Å²) in [5.74, 6) is 0.446. The number of rotatable bonds is 8. The zero-order valence-corrected chi connectivity index (χ0v) is 13.8. The van der Waals surface area contributed by atoms with Crippen molar-refractivity contribution in [2.75, 3.05) is 26.2 Å². The molecule has 5 nitrogen and oxygen atoms in total. The molecule has 0 aliphatic carbocycles. The number of likely N-dealkylation sites (tertiary alicyclic amines) is 1. The third-order valence-corrected chi connectivity index (χ3v) is 4.08. The first-order valence-corrected chi connectivity index (χ1v) is 8.37. The smallest absolute Gasteiger partial charge is 0.224 e. The van der Waals surface area contributed by atoms with E-state index in [0.717, 1.165) is 38.8 Å². The van der Waals surface area contributed by atoms with Crippen LogP contribution in [0.25, 0.3) is 0 Å². The molecule has 122 valence electrons. The van der Waals surface area contributed by atoms with Crippen LogP contribution in [-0.4, -0.2) is 48.9 Å². The van der Waals surface area contributed by atoms with Gasteiger partial charge in [0.15, 0.2) is 0 Å². The molecular formula is C16H31N3O2. The highest BCUT2D eigenvalue weighted by molar-refractivity contribution is 5.80. The van der Waals surface area contributed by atoms with Gasteiger partial charge in [0, 0.05) is 38.0 Å². The van der Waals surface area contributed by atoms with Gasteiger partial charge in [0.2, 0.25) is 11.8 Å². The van der Waals surface area contributed by atoms with E-state index in [1.165, 1.54) is 0 Å². The molecular weight excluding hydrogens is 266 g/mol. The minimum Gasteiger partial charge on any atom is -0.356 e. The van der Waals surface area contributed by atoms with Crippen molar-refractivity contribution >= 4 is 11.8 Å². The van der Waals surface area contributed by atoms with Crippen LogP contribution in [0.5, 0.6) is 0 Å². The summed E-state index contributed by atoms with van der Waals surface area (Å²) in [4.78, 5) is 26.1. The van der Waals surface area contributed by atoms with Crippen LogP contribution in [0.3, 0.4) is 0 Å². The summed E-state index contributed by atoms with van der Waals surface area (Å²) in [6.45, 7) is 9.28. The Balaban J connectivity index is 2.28. The number of piperidine rings is 1. The van der Waals surface area contributed by atoms with Crippen molar-refractivity contribution in [1.82, 2.24) is 15.5 Å². The summed E-state index contributed by atoms with van der Waals surface area (Å²) in [5.41, 5.74) is 0. The highest BCUT2D eigenvalue weighted by atomic mass is 16.2. The fraction of sp³-hybridized carbons (Fsp3) is 0.875. The first-order valence-electron chi connectivity index (χ1n) is 8.37. The predicted molar refractivity (Wildman–Crippen MR) is 85.0 cm³/mol. The molecule has 2 N–H and O–H groups in total. The van der Waals surface area contributed by atoms with E-state index in [1.54, 1.807) is 0 Å². The van der Waals surface area contributed by atoms with Crippen LogP contribution in [0.1, 0.15) is 52.9 Å². The second kappa shape index (κ2) is 9.77. The molecule has 0 aromatic carbocycles. The van der Waals surface area contributed by atoms with E-state index in [1.807, 2.05) is 18.7 Å². The number of carbonyl (C=O) groups is 2. The van der Waals surface area contributed by atoms with Gasteiger partial charge in [-0.2, -0.15) is 0 Å². The van der Waals surface area contributed by atoms with Gasteiger partial charge in [-0.1, -0.05) is 20.3 Å². The SMILES string of the molecule is CCCCNC(=O)C1CCN(C(=O)CC(C)NCC)CC1. The largest absolute Gasteiger partial charge is 0.356 e. The Kier molecular flexibility index (Phi) is 8.35. The molecule has 1 aliphatic rings. The van der Waals surface area contributed by atoms with Gasteiger partial charge < -0.3 is 15.5 Å². The molecule has 0 spiro atoms. The Morgan fingerprint density at radius 3 is 2.48 bits per heavy atom. The maximum Gasteiger partial charge on any atom is 0.224 e. The quantitative estimate of drug-likeness (QED) is 0.668. The molecule has 1 atom stereocenters. The third-order valence-electron chi connectivity index (χ3n) is 4.08. The van der Waals surface area contributed by atoms with E-state index in [4.69, 9.17) is 0 Å². The van der Waals surface area contributed by atoms with Crippen LogP contribution in [0, 0.1) is 5.92 Å². The van der Waals surface area contributed by atoms with E-state index in [9.17, 15) is 9.59 Å². The van der Waals surface area contributed by atoms with Gasteiger partial charge in [-0.15, -0.1) is 0 Å². The topological polar surface area (TPSA) is 61.4 Å². The number of unbranched alkanes of at least 4 members (excludes halogenated alkanes) is 1. The lowest BCUT2D eigenvalue weighted by molar-refractivity contribution is -0.136. The zero-order valence-electron chi connectivity index (χ0n) is 13.8. The molecule has 1 unspecified atom stereocenters. The molecule has 1 rings (SSSR count). The van der Waals surface area contributed by atoms with Crippen LogP contribution in [-0.2, 0) is 9.59 Å². The first kappa shape index (κ1) is 18.0. The average molecular weight is 297 g/mol. The van der Waals surface area contributed by atoms with Crippen molar-refractivity contribution in [2.24, 2.45) is 5.92 Å². The summed E-state index contributed by atoms with van der Waals surface area (Å²) >= 11 is 0. The van der Waals surface area contributed by atoms with E-state index in [-0.39, 0.29) is 23.8 Å². The highest BCUT2D eigenvalue weighted by Crippen LogP contribution is 2.18. The summed E-state index contributed by atoms with van der Waals surface area (Å²) < 4.78 is 0. The second-order valence-corrected chi connectivity index (χ2v) is 5.96. The third kappa shape index (κ3) is 6.46. The van der Waals surface area contributed by atoms with Crippen LogP contribution >= 0.6 is 0 Å². The summed E-state index contributed by atoms with van der Waals surface area (Å²) in [6.07, 6.45) is 4.25. The van der Waals surface area contributed by atoms with Crippen LogP contribution in [0.15, 0.2) is 0 Å². The van der Waals surface area contributed by atoms with Crippen molar-refractivity contribution in [3.63, 3.8) is 0 Å². The zero-order chi connectivity index (χ0) is 15.7. The Hall–Kier alpha value is -1.10. The van der Waals surface area contributed by atoms with Gasteiger partial charge in [-0.3, -0.25) is 9.59 Å². The minimum absolute atomic E-state index is 0.0806. The van der Waals surface area contributed by atoms with Gasteiger partial charge in [-0.25, -0.2) is 0 Å². The number of amides is 2. The van der Waals surface area contributed by atoms with Crippen LogP contribution in [0.2, 0.25) is 0 Å². The van der Waals surface area contributed by atoms with Crippen LogP contribution < -0.4 is 10.6 Å². The number of hydrogen-bond acceptors (Lipinski definition) is 3. The number of nitrogens with one attached hydrogen (secondary N) is 2. The average Bonchev–Trinajstić information content (AvgIpc) is 2.47. The number of nitrogens with zero attached hydrogens (tertiary/aromatic N) is 1. The maximum absolute atomic E-state index is 12.2. The standard InChI is InChI=1S/C16H31N3O2/c1-4-6-9-18-16(21)14-7-10-19(11-8-14)15(20)12-13(3)17-5-2/h13-14,17H,4-12H2,1-3H3,(H,18,21). The van der Waals surface area contributed by atoms with Gasteiger partial charge in [0.25, 0.3) is 0 Å². The molecule has 1 aliphatic heterocycles. The van der Waals surface area contributed by atoms with E-state index in [2.05, 4.69) is 17.6 Å². The summed E-state index contributed by atoms with van der Waals surface area (Å²) in [6, 6.07) is 0.220. The summed E-state index contributed by atoms with van der Waals surface area (Å²) in [7, 11) is 0. The lowest BCUT2D eigenvalue weighted by Gasteiger charge is -2.32. The van der Waals surface area contributed by atoms with Crippen molar-refractivity contribution in [3.05, 3.63) is 0 Å². The van der Waals surface area contributed by atoms with E-state index < -0.39 is 0 Å². The molecule has 2 amide bonds. The second-order valence-electron chi connectivity index (χ2n) is 5.96. The molecule has 1 heterocycles. The van der Waals surface area contributed by atoms with Gasteiger partial charge >= 0.3 is 0 Å². The highest BCUT2D eigenvalue weighted by Gasteiger charge is 2.27. The van der Waals surface area contributed by atoms with Gasteiger partial charge in [0.1, 0.15) is 0 Å². The van der Waals surface area contributed by atoms with Gasteiger partial charge in [-0.05, 0) is 32.7 Å². The predicted octanol–water partition coefficient (Wildman–Crippen LogP) is 1.53. The lowest BCUT2D eigenvalue weighted by atomic mass is 9.95. The molecule has 0 aromatic heterocycles. The number of carbonyl (C=O) groups excluding carboxylic acids is 2. The molecule has 1 fully saturated rings. The molecule has 0 saturated carbocycles. The molecule has 21 heavy (non-hydrogen) atoms. The number of hydrogen-bond donors (Lipinski definition) is 2.